The molecule has 2 N–H and O–H groups in total. The summed E-state index contributed by atoms with van der Waals surface area (Å²) < 4.78 is 2.08. The van der Waals surface area contributed by atoms with Crippen LogP contribution < -0.4 is 10.6 Å². The highest BCUT2D eigenvalue weighted by Crippen LogP contribution is 2.14. The van der Waals surface area contributed by atoms with Gasteiger partial charge in [-0.2, -0.15) is 0 Å². The van der Waals surface area contributed by atoms with Crippen LogP contribution in [-0.4, -0.2) is 34.0 Å². The normalized spacial score (nSPS) is 12.4. The van der Waals surface area contributed by atoms with Crippen molar-refractivity contribution in [2.24, 2.45) is 5.92 Å². The molecule has 6 heteroatoms. The van der Waals surface area contributed by atoms with E-state index < -0.39 is 6.04 Å². The number of nitrogens with zero attached hydrogens (tertiary/aromatic N) is 2. The maximum atomic E-state index is 12.2. The number of benzene rings is 1. The standard InChI is InChI=1S/C17H24N4O2/c1-11(2)16(20-13(4)22)17(23)18-9-10-21-12(3)19-14-7-5-6-8-15(14)21/h5-8,11,16H,9-10H2,1-4H3,(H,18,23)(H,20,22). The molecule has 2 rings (SSSR count). The first kappa shape index (κ1) is 17.0. The number of carbonyl (C=O) groups is 2. The van der Waals surface area contributed by atoms with Gasteiger partial charge in [0.15, 0.2) is 0 Å². The van der Waals surface area contributed by atoms with Gasteiger partial charge in [0.25, 0.3) is 0 Å². The molecule has 6 nitrogen and oxygen atoms in total. The first-order valence-corrected chi connectivity index (χ1v) is 7.87. The number of rotatable bonds is 6. The van der Waals surface area contributed by atoms with E-state index in [0.29, 0.717) is 13.1 Å². The molecule has 0 saturated heterocycles. The lowest BCUT2D eigenvalue weighted by atomic mass is 10.0. The van der Waals surface area contributed by atoms with Crippen LogP contribution in [0.3, 0.4) is 0 Å². The maximum Gasteiger partial charge on any atom is 0.242 e. The summed E-state index contributed by atoms with van der Waals surface area (Å²) in [5, 5.41) is 5.59. The summed E-state index contributed by atoms with van der Waals surface area (Å²) in [6, 6.07) is 7.42. The van der Waals surface area contributed by atoms with Crippen molar-refractivity contribution in [2.45, 2.75) is 40.3 Å². The Bertz CT molecular complexity index is 706. The Morgan fingerprint density at radius 1 is 1.26 bits per heavy atom. The Labute approximate surface area is 136 Å². The summed E-state index contributed by atoms with van der Waals surface area (Å²) in [4.78, 5) is 28.0. The van der Waals surface area contributed by atoms with Crippen molar-refractivity contribution in [1.29, 1.82) is 0 Å². The Balaban J connectivity index is 1.99. The van der Waals surface area contributed by atoms with Gasteiger partial charge in [-0.25, -0.2) is 4.98 Å². The molecule has 1 aromatic heterocycles. The van der Waals surface area contributed by atoms with Crippen LogP contribution in [0.4, 0.5) is 0 Å². The monoisotopic (exact) mass is 316 g/mol. The summed E-state index contributed by atoms with van der Waals surface area (Å²) in [6.45, 7) is 8.33. The highest BCUT2D eigenvalue weighted by molar-refractivity contribution is 5.87. The molecule has 0 spiro atoms. The van der Waals surface area contributed by atoms with E-state index in [1.54, 1.807) is 0 Å². The molecule has 0 radical (unpaired) electrons. The Morgan fingerprint density at radius 3 is 2.61 bits per heavy atom. The lowest BCUT2D eigenvalue weighted by molar-refractivity contribution is -0.129. The largest absolute Gasteiger partial charge is 0.353 e. The summed E-state index contributed by atoms with van der Waals surface area (Å²) in [7, 11) is 0. The van der Waals surface area contributed by atoms with Gasteiger partial charge in [0, 0.05) is 20.0 Å². The van der Waals surface area contributed by atoms with E-state index in [-0.39, 0.29) is 17.7 Å². The van der Waals surface area contributed by atoms with Gasteiger partial charge in [-0.1, -0.05) is 26.0 Å². The molecule has 0 aliphatic heterocycles. The maximum absolute atomic E-state index is 12.2. The first-order chi connectivity index (χ1) is 10.9. The van der Waals surface area contributed by atoms with E-state index >= 15 is 0 Å². The van der Waals surface area contributed by atoms with Crippen LogP contribution >= 0.6 is 0 Å². The van der Waals surface area contributed by atoms with Crippen molar-refractivity contribution >= 4 is 22.8 Å². The highest BCUT2D eigenvalue weighted by Gasteiger charge is 2.22. The Morgan fingerprint density at radius 2 is 1.96 bits per heavy atom. The molecule has 1 heterocycles. The number of hydrogen-bond donors (Lipinski definition) is 2. The lowest BCUT2D eigenvalue weighted by Crippen LogP contribution is -2.49. The van der Waals surface area contributed by atoms with Crippen molar-refractivity contribution in [3.8, 4) is 0 Å². The minimum Gasteiger partial charge on any atom is -0.353 e. The van der Waals surface area contributed by atoms with Gasteiger partial charge >= 0.3 is 0 Å². The van der Waals surface area contributed by atoms with Gasteiger partial charge in [-0.05, 0) is 25.0 Å². The van der Waals surface area contributed by atoms with E-state index in [1.807, 2.05) is 45.0 Å². The molecular formula is C17H24N4O2. The average molecular weight is 316 g/mol. The number of imidazole rings is 1. The zero-order valence-corrected chi connectivity index (χ0v) is 14.1. The van der Waals surface area contributed by atoms with Crippen molar-refractivity contribution in [2.75, 3.05) is 6.54 Å². The summed E-state index contributed by atoms with van der Waals surface area (Å²) in [6.07, 6.45) is 0. The number of hydrogen-bond acceptors (Lipinski definition) is 3. The number of amides is 2. The lowest BCUT2D eigenvalue weighted by Gasteiger charge is -2.21. The third-order valence-electron chi connectivity index (χ3n) is 3.79. The SMILES string of the molecule is CC(=O)NC(C(=O)NCCn1c(C)nc2ccccc21)C(C)C. The minimum absolute atomic E-state index is 0.0368. The predicted molar refractivity (Wildman–Crippen MR) is 89.9 cm³/mol. The number of para-hydroxylation sites is 2. The van der Waals surface area contributed by atoms with Gasteiger partial charge in [0.2, 0.25) is 11.8 Å². The van der Waals surface area contributed by atoms with Crippen molar-refractivity contribution in [3.63, 3.8) is 0 Å². The van der Waals surface area contributed by atoms with Gasteiger partial charge in [-0.3, -0.25) is 9.59 Å². The van der Waals surface area contributed by atoms with Crippen LogP contribution in [0, 0.1) is 12.8 Å². The highest BCUT2D eigenvalue weighted by atomic mass is 16.2. The third-order valence-corrected chi connectivity index (χ3v) is 3.79. The molecule has 0 aliphatic carbocycles. The molecule has 1 unspecified atom stereocenters. The number of aromatic nitrogens is 2. The van der Waals surface area contributed by atoms with Crippen LogP contribution in [0.1, 0.15) is 26.6 Å². The quantitative estimate of drug-likeness (QED) is 0.850. The van der Waals surface area contributed by atoms with E-state index in [2.05, 4.69) is 20.2 Å². The predicted octanol–water partition coefficient (Wildman–Crippen LogP) is 1.62. The Kier molecular flexibility index (Phi) is 5.36. The number of carbonyl (C=O) groups excluding carboxylic acids is 2. The van der Waals surface area contributed by atoms with Crippen LogP contribution in [0.2, 0.25) is 0 Å². The second-order valence-electron chi connectivity index (χ2n) is 6.01. The molecule has 23 heavy (non-hydrogen) atoms. The molecule has 0 aliphatic rings. The molecular weight excluding hydrogens is 292 g/mol. The van der Waals surface area contributed by atoms with Gasteiger partial charge in [0.05, 0.1) is 11.0 Å². The molecule has 2 aromatic rings. The van der Waals surface area contributed by atoms with Crippen molar-refractivity contribution < 1.29 is 9.59 Å². The smallest absolute Gasteiger partial charge is 0.242 e. The summed E-state index contributed by atoms with van der Waals surface area (Å²) in [5.41, 5.74) is 2.01. The van der Waals surface area contributed by atoms with E-state index in [4.69, 9.17) is 0 Å². The molecule has 1 atom stereocenters. The van der Waals surface area contributed by atoms with E-state index in [1.165, 1.54) is 6.92 Å². The fraction of sp³-hybridized carbons (Fsp3) is 0.471. The average Bonchev–Trinajstić information content (AvgIpc) is 2.80. The van der Waals surface area contributed by atoms with Crippen LogP contribution in [0.15, 0.2) is 24.3 Å². The minimum atomic E-state index is -0.506. The fourth-order valence-corrected chi connectivity index (χ4v) is 2.63. The summed E-state index contributed by atoms with van der Waals surface area (Å²) in [5.74, 6) is 0.602. The van der Waals surface area contributed by atoms with Gasteiger partial charge < -0.3 is 15.2 Å². The van der Waals surface area contributed by atoms with Gasteiger partial charge in [0.1, 0.15) is 11.9 Å². The van der Waals surface area contributed by atoms with Crippen LogP contribution in [-0.2, 0) is 16.1 Å². The van der Waals surface area contributed by atoms with Gasteiger partial charge in [-0.15, -0.1) is 0 Å². The third kappa shape index (κ3) is 4.09. The zero-order chi connectivity index (χ0) is 17.0. The van der Waals surface area contributed by atoms with Crippen LogP contribution in [0.5, 0.6) is 0 Å². The van der Waals surface area contributed by atoms with Crippen LogP contribution in [0.25, 0.3) is 11.0 Å². The fourth-order valence-electron chi connectivity index (χ4n) is 2.63. The topological polar surface area (TPSA) is 76.0 Å². The second kappa shape index (κ2) is 7.26. The molecule has 1 aromatic carbocycles. The zero-order valence-electron chi connectivity index (χ0n) is 14.1. The second-order valence-corrected chi connectivity index (χ2v) is 6.01. The Hall–Kier alpha value is -2.37. The first-order valence-electron chi connectivity index (χ1n) is 7.87. The number of aryl methyl sites for hydroxylation is 1. The molecule has 0 bridgehead atoms. The van der Waals surface area contributed by atoms with E-state index in [9.17, 15) is 9.59 Å². The molecule has 0 saturated carbocycles. The van der Waals surface area contributed by atoms with Crippen molar-refractivity contribution in [1.82, 2.24) is 20.2 Å². The number of fused-ring (bicyclic) bond motifs is 1. The molecule has 124 valence electrons. The number of nitrogens with one attached hydrogen (secondary N) is 2. The van der Waals surface area contributed by atoms with E-state index in [0.717, 1.165) is 16.9 Å². The summed E-state index contributed by atoms with van der Waals surface area (Å²) >= 11 is 0. The molecule has 2 amide bonds. The molecule has 0 fully saturated rings. The van der Waals surface area contributed by atoms with Crippen molar-refractivity contribution in [3.05, 3.63) is 30.1 Å².